The van der Waals surface area contributed by atoms with Crippen LogP contribution >= 0.6 is 0 Å². The SMILES string of the molecule is CCCCCCCCCCCCOc1ccc(C(=O)Oc2ccc(C(=O)Oc3cccc(-c4ccc(OC(=O)c5ccc(OCCCCCCCCCCC[Si](C)(C[Si](C)(C)C)C[Si](C)(C)C)cc5)cc4)c3)cc2)cc1. The van der Waals surface area contributed by atoms with Gasteiger partial charge in [-0.15, -0.1) is 0 Å². The van der Waals surface area contributed by atoms with Crippen LogP contribution in [0.25, 0.3) is 11.1 Å². The first-order valence-corrected chi connectivity index (χ1v) is 39.4. The van der Waals surface area contributed by atoms with Gasteiger partial charge in [0, 0.05) is 24.2 Å². The number of hydrogen-bond donors (Lipinski definition) is 0. The van der Waals surface area contributed by atoms with E-state index in [1.54, 1.807) is 102 Å². The summed E-state index contributed by atoms with van der Waals surface area (Å²) in [7, 11) is -3.16. The molecule has 0 spiro atoms. The maximum atomic E-state index is 13.1. The Morgan fingerprint density at radius 1 is 0.355 bits per heavy atom. The van der Waals surface area contributed by atoms with Crippen LogP contribution in [0.4, 0.5) is 0 Å². The molecule has 0 heterocycles. The molecule has 0 aliphatic heterocycles. The van der Waals surface area contributed by atoms with Gasteiger partial charge in [-0.1, -0.05) is 204 Å². The fourth-order valence-corrected chi connectivity index (χ4v) is 35.3. The molecule has 0 fully saturated rings. The van der Waals surface area contributed by atoms with Crippen molar-refractivity contribution in [2.75, 3.05) is 13.2 Å². The van der Waals surface area contributed by atoms with Gasteiger partial charge in [0.2, 0.25) is 0 Å². The molecular weight excluding hydrogens is 993 g/mol. The highest BCUT2D eigenvalue weighted by Crippen LogP contribution is 2.34. The molecule has 0 atom stereocenters. The molecule has 0 radical (unpaired) electrons. The third-order valence-electron chi connectivity index (χ3n) is 13.8. The molecule has 0 aromatic heterocycles. The number of ether oxygens (including phenoxy) is 5. The summed E-state index contributed by atoms with van der Waals surface area (Å²) >= 11 is 0. The molecule has 0 bridgehead atoms. The molecule has 8 nitrogen and oxygen atoms in total. The van der Waals surface area contributed by atoms with Crippen LogP contribution in [-0.2, 0) is 0 Å². The van der Waals surface area contributed by atoms with Crippen LogP contribution in [0.15, 0.2) is 121 Å². The highest BCUT2D eigenvalue weighted by atomic mass is 28.4. The van der Waals surface area contributed by atoms with Crippen LogP contribution in [-0.4, -0.2) is 55.3 Å². The summed E-state index contributed by atoms with van der Waals surface area (Å²) in [6, 6.07) is 36.3. The van der Waals surface area contributed by atoms with E-state index in [2.05, 4.69) is 52.8 Å². The van der Waals surface area contributed by atoms with Gasteiger partial charge in [0.1, 0.15) is 28.7 Å². The molecule has 5 rings (SSSR count). The minimum absolute atomic E-state index is 0.304. The fourth-order valence-electron chi connectivity index (χ4n) is 10.6. The lowest BCUT2D eigenvalue weighted by Crippen LogP contribution is -2.45. The first-order valence-electron chi connectivity index (χ1n) is 28.9. The summed E-state index contributed by atoms with van der Waals surface area (Å²) < 4.78 is 28.9. The number of carbonyl (C=O) groups is 3. The van der Waals surface area contributed by atoms with Crippen LogP contribution in [0.5, 0.6) is 28.7 Å². The Labute approximate surface area is 461 Å². The van der Waals surface area contributed by atoms with Gasteiger partial charge >= 0.3 is 17.9 Å². The summed E-state index contributed by atoms with van der Waals surface area (Å²) in [5, 5.41) is 0. The Balaban J connectivity index is 0.940. The molecule has 11 heteroatoms. The predicted octanol–water partition coefficient (Wildman–Crippen LogP) is 19.0. The first kappa shape index (κ1) is 61.6. The molecule has 0 unspecified atom stereocenters. The Morgan fingerprint density at radius 2 is 0.697 bits per heavy atom. The molecule has 0 aliphatic carbocycles. The summed E-state index contributed by atoms with van der Waals surface area (Å²) in [4.78, 5) is 39.0. The molecule has 0 N–H and O–H groups in total. The Morgan fingerprint density at radius 3 is 1.09 bits per heavy atom. The number of esters is 3. The van der Waals surface area contributed by atoms with Crippen molar-refractivity contribution < 1.29 is 38.1 Å². The van der Waals surface area contributed by atoms with Crippen LogP contribution in [0.1, 0.15) is 160 Å². The maximum Gasteiger partial charge on any atom is 0.343 e. The quantitative estimate of drug-likeness (QED) is 0.0169. The average molecular weight is 1090 g/mol. The van der Waals surface area contributed by atoms with E-state index in [1.165, 1.54) is 103 Å². The molecular formula is C65H92O8Si3. The minimum Gasteiger partial charge on any atom is -0.494 e. The van der Waals surface area contributed by atoms with Crippen molar-refractivity contribution in [1.82, 2.24) is 0 Å². The zero-order valence-electron chi connectivity index (χ0n) is 47.8. The lowest BCUT2D eigenvalue weighted by atomic mass is 10.1. The standard InChI is InChI=1S/C65H92O8Si3/c1-9-10-11-12-13-14-16-19-22-25-47-69-59-41-35-55(36-42-59)64(67)72-61-45-37-56(38-46-61)65(68)73-62-30-28-29-57(50-62)53-31-43-60(44-32-53)71-63(66)54-33-39-58(40-34-54)70-48-26-23-20-17-15-18-21-24-27-49-76(8,51-74(2,3)4)52-75(5,6)7/h28-46,50H,9-27,47-49,51-52H2,1-8H3. The molecule has 76 heavy (non-hydrogen) atoms. The summed E-state index contributed by atoms with van der Waals surface area (Å²) in [5.41, 5.74) is 6.03. The number of benzene rings is 5. The van der Waals surface area contributed by atoms with E-state index in [0.717, 1.165) is 41.9 Å². The van der Waals surface area contributed by atoms with Crippen molar-refractivity contribution in [2.45, 2.75) is 192 Å². The van der Waals surface area contributed by atoms with Crippen LogP contribution < -0.4 is 23.7 Å². The third-order valence-corrected chi connectivity index (χ3v) is 30.7. The van der Waals surface area contributed by atoms with E-state index >= 15 is 0 Å². The van der Waals surface area contributed by atoms with Crippen LogP contribution in [0, 0.1) is 0 Å². The molecule has 5 aromatic carbocycles. The number of hydrogen-bond acceptors (Lipinski definition) is 8. The molecule has 5 aromatic rings. The number of rotatable bonds is 36. The van der Waals surface area contributed by atoms with Crippen LogP contribution in [0.3, 0.4) is 0 Å². The van der Waals surface area contributed by atoms with Crippen LogP contribution in [0.2, 0.25) is 63.2 Å². The van der Waals surface area contributed by atoms with E-state index in [-0.39, 0.29) is 0 Å². The Kier molecular flexibility index (Phi) is 26.3. The van der Waals surface area contributed by atoms with Crippen molar-refractivity contribution in [3.63, 3.8) is 0 Å². The van der Waals surface area contributed by atoms with E-state index in [9.17, 15) is 14.4 Å². The van der Waals surface area contributed by atoms with E-state index in [4.69, 9.17) is 23.7 Å². The van der Waals surface area contributed by atoms with Gasteiger partial charge in [-0.05, 0) is 121 Å². The van der Waals surface area contributed by atoms with Gasteiger partial charge in [-0.2, -0.15) is 0 Å². The lowest BCUT2D eigenvalue weighted by molar-refractivity contribution is 0.0723. The van der Waals surface area contributed by atoms with E-state index in [0.29, 0.717) is 47.2 Å². The van der Waals surface area contributed by atoms with Gasteiger partial charge in [0.05, 0.1) is 29.9 Å². The zero-order valence-corrected chi connectivity index (χ0v) is 50.8. The molecule has 0 amide bonds. The van der Waals surface area contributed by atoms with Crippen molar-refractivity contribution in [3.8, 4) is 39.9 Å². The van der Waals surface area contributed by atoms with Crippen molar-refractivity contribution in [3.05, 3.63) is 138 Å². The summed E-state index contributed by atoms with van der Waals surface area (Å²) in [6.07, 6.45) is 24.4. The fraction of sp³-hybridized carbons (Fsp3) is 0.492. The highest BCUT2D eigenvalue weighted by molar-refractivity contribution is 7.02. The maximum absolute atomic E-state index is 13.1. The van der Waals surface area contributed by atoms with Gasteiger partial charge in [-0.25, -0.2) is 14.4 Å². The summed E-state index contributed by atoms with van der Waals surface area (Å²) in [5.74, 6) is 1.06. The second-order valence-corrected chi connectivity index (χ2v) is 41.1. The van der Waals surface area contributed by atoms with Crippen molar-refractivity contribution in [2.24, 2.45) is 0 Å². The number of carbonyl (C=O) groups excluding carboxylic acids is 3. The van der Waals surface area contributed by atoms with Gasteiger partial charge in [0.15, 0.2) is 0 Å². The van der Waals surface area contributed by atoms with Gasteiger partial charge in [0.25, 0.3) is 0 Å². The second-order valence-electron chi connectivity index (χ2n) is 23.9. The molecule has 0 aliphatic rings. The predicted molar refractivity (Wildman–Crippen MR) is 323 cm³/mol. The molecule has 412 valence electrons. The smallest absolute Gasteiger partial charge is 0.343 e. The van der Waals surface area contributed by atoms with Crippen molar-refractivity contribution >= 4 is 42.1 Å². The minimum atomic E-state index is -1.12. The first-order chi connectivity index (χ1) is 36.5. The largest absolute Gasteiger partial charge is 0.494 e. The topological polar surface area (TPSA) is 97.4 Å². The Bertz CT molecular complexity index is 2440. The monoisotopic (exact) mass is 1080 g/mol. The lowest BCUT2D eigenvalue weighted by Gasteiger charge is -2.37. The van der Waals surface area contributed by atoms with Gasteiger partial charge < -0.3 is 23.7 Å². The van der Waals surface area contributed by atoms with E-state index < -0.39 is 42.1 Å². The third kappa shape index (κ3) is 24.4. The average Bonchev–Trinajstić information content (AvgIpc) is 3.38. The molecule has 0 saturated heterocycles. The molecule has 0 saturated carbocycles. The zero-order chi connectivity index (χ0) is 54.7. The van der Waals surface area contributed by atoms with E-state index in [1.807, 2.05) is 36.4 Å². The summed E-state index contributed by atoms with van der Waals surface area (Å²) in [6.45, 7) is 21.8. The Hall–Kier alpha value is -5.24. The van der Waals surface area contributed by atoms with Gasteiger partial charge in [-0.3, -0.25) is 0 Å². The normalized spacial score (nSPS) is 11.8. The number of unbranched alkanes of at least 4 members (excludes halogenated alkanes) is 17. The second kappa shape index (κ2) is 32.5. The highest BCUT2D eigenvalue weighted by Gasteiger charge is 2.36. The van der Waals surface area contributed by atoms with Crippen molar-refractivity contribution in [1.29, 1.82) is 0 Å².